The molecule has 6 nitrogen and oxygen atoms in total. The van der Waals surface area contributed by atoms with Gasteiger partial charge in [-0.3, -0.25) is 9.69 Å². The van der Waals surface area contributed by atoms with E-state index in [1.54, 1.807) is 0 Å². The van der Waals surface area contributed by atoms with Gasteiger partial charge in [-0.15, -0.1) is 12.4 Å². The number of anilines is 1. The first-order valence-electron chi connectivity index (χ1n) is 10.4. The van der Waals surface area contributed by atoms with Crippen molar-refractivity contribution in [3.63, 3.8) is 0 Å². The summed E-state index contributed by atoms with van der Waals surface area (Å²) in [7, 11) is 0. The molecule has 0 N–H and O–H groups in total. The van der Waals surface area contributed by atoms with E-state index in [0.29, 0.717) is 18.7 Å². The topological polar surface area (TPSA) is 54.9 Å². The van der Waals surface area contributed by atoms with Crippen LogP contribution in [0, 0.1) is 0 Å². The van der Waals surface area contributed by atoms with Crippen LogP contribution in [0.2, 0.25) is 0 Å². The van der Waals surface area contributed by atoms with Crippen LogP contribution < -0.4 is 14.4 Å². The maximum absolute atomic E-state index is 13.2. The van der Waals surface area contributed by atoms with E-state index < -0.39 is 0 Å². The number of aromatic nitrogens is 1. The van der Waals surface area contributed by atoms with Gasteiger partial charge in [-0.1, -0.05) is 55.5 Å². The number of hydrogen-bond acceptors (Lipinski definition) is 6. The highest BCUT2D eigenvalue weighted by Crippen LogP contribution is 2.39. The largest absolute Gasteiger partial charge is 0.454 e. The number of benzene rings is 2. The molecule has 1 aliphatic rings. The molecule has 2 heterocycles. The predicted octanol–water partition coefficient (Wildman–Crippen LogP) is 4.75. The molecular formula is C23H28ClN3O3S. The number of amides is 1. The molecule has 0 saturated heterocycles. The first-order valence-corrected chi connectivity index (χ1v) is 11.3. The maximum atomic E-state index is 13.2. The second-order valence-corrected chi connectivity index (χ2v) is 8.24. The van der Waals surface area contributed by atoms with Crippen molar-refractivity contribution in [1.29, 1.82) is 0 Å². The third-order valence-corrected chi connectivity index (χ3v) is 6.45. The normalized spacial score (nSPS) is 12.2. The lowest BCUT2D eigenvalue weighted by Crippen LogP contribution is -2.39. The number of ether oxygens (including phenoxy) is 2. The molecule has 1 amide bonds. The summed E-state index contributed by atoms with van der Waals surface area (Å²) in [6.07, 6.45) is 1.18. The Morgan fingerprint density at radius 2 is 1.77 bits per heavy atom. The van der Waals surface area contributed by atoms with Crippen molar-refractivity contribution >= 4 is 45.0 Å². The van der Waals surface area contributed by atoms with Crippen LogP contribution in [0.4, 0.5) is 5.13 Å². The Hall–Kier alpha value is -2.35. The lowest BCUT2D eigenvalue weighted by Gasteiger charge is -2.24. The van der Waals surface area contributed by atoms with Crippen LogP contribution in [0.1, 0.15) is 25.8 Å². The zero-order valence-electron chi connectivity index (χ0n) is 17.9. The number of halogens is 1. The zero-order chi connectivity index (χ0) is 20.9. The van der Waals surface area contributed by atoms with E-state index in [4.69, 9.17) is 14.5 Å². The molecule has 166 valence electrons. The quantitative estimate of drug-likeness (QED) is 0.460. The highest BCUT2D eigenvalue weighted by atomic mass is 35.5. The maximum Gasteiger partial charge on any atom is 0.231 e. The van der Waals surface area contributed by atoms with E-state index in [1.807, 2.05) is 35.2 Å². The van der Waals surface area contributed by atoms with Crippen molar-refractivity contribution in [3.8, 4) is 11.5 Å². The van der Waals surface area contributed by atoms with Gasteiger partial charge in [0.2, 0.25) is 12.7 Å². The molecule has 0 unspecified atom stereocenters. The van der Waals surface area contributed by atoms with E-state index >= 15 is 0 Å². The van der Waals surface area contributed by atoms with Gasteiger partial charge in [0.1, 0.15) is 0 Å². The molecule has 1 aliphatic heterocycles. The lowest BCUT2D eigenvalue weighted by molar-refractivity contribution is -0.118. The molecule has 0 saturated carbocycles. The molecule has 0 bridgehead atoms. The first kappa shape index (κ1) is 23.3. The molecule has 8 heteroatoms. The second-order valence-electron chi connectivity index (χ2n) is 7.23. The van der Waals surface area contributed by atoms with Crippen LogP contribution in [-0.2, 0) is 11.2 Å². The summed E-state index contributed by atoms with van der Waals surface area (Å²) in [5.41, 5.74) is 2.01. The van der Waals surface area contributed by atoms with Crippen LogP contribution >= 0.6 is 23.7 Å². The third-order valence-electron chi connectivity index (χ3n) is 5.41. The van der Waals surface area contributed by atoms with E-state index in [-0.39, 0.29) is 25.1 Å². The highest BCUT2D eigenvalue weighted by molar-refractivity contribution is 7.22. The number of carbonyl (C=O) groups is 1. The zero-order valence-corrected chi connectivity index (χ0v) is 19.5. The summed E-state index contributed by atoms with van der Waals surface area (Å²) in [4.78, 5) is 22.1. The highest BCUT2D eigenvalue weighted by Gasteiger charge is 2.22. The number of thiazole rings is 1. The third kappa shape index (κ3) is 5.47. The van der Waals surface area contributed by atoms with Crippen molar-refractivity contribution in [1.82, 2.24) is 9.88 Å². The molecule has 0 atom stereocenters. The molecule has 0 aliphatic carbocycles. The van der Waals surface area contributed by atoms with E-state index in [2.05, 4.69) is 30.9 Å². The number of hydrogen-bond donors (Lipinski definition) is 0. The average Bonchev–Trinajstić information content (AvgIpc) is 3.40. The van der Waals surface area contributed by atoms with Crippen molar-refractivity contribution in [2.45, 2.75) is 26.7 Å². The van der Waals surface area contributed by atoms with Crippen molar-refractivity contribution in [2.24, 2.45) is 0 Å². The smallest absolute Gasteiger partial charge is 0.231 e. The minimum absolute atomic E-state index is 0. The Kier molecular flexibility index (Phi) is 8.12. The van der Waals surface area contributed by atoms with Gasteiger partial charge in [0.25, 0.3) is 0 Å². The van der Waals surface area contributed by atoms with Crippen LogP contribution in [0.5, 0.6) is 11.5 Å². The van der Waals surface area contributed by atoms with Gasteiger partial charge >= 0.3 is 0 Å². The minimum Gasteiger partial charge on any atom is -0.454 e. The Labute approximate surface area is 193 Å². The Morgan fingerprint density at radius 3 is 2.48 bits per heavy atom. The molecular weight excluding hydrogens is 434 g/mol. The molecule has 0 spiro atoms. The fourth-order valence-electron chi connectivity index (χ4n) is 3.56. The van der Waals surface area contributed by atoms with Crippen LogP contribution in [0.25, 0.3) is 10.2 Å². The van der Waals surface area contributed by atoms with Crippen LogP contribution in [0.3, 0.4) is 0 Å². The minimum atomic E-state index is 0. The number of nitrogens with zero attached hydrogens (tertiary/aromatic N) is 3. The number of likely N-dealkylation sites (N-methyl/N-ethyl adjacent to an activating group) is 1. The summed E-state index contributed by atoms with van der Waals surface area (Å²) in [5.74, 6) is 1.55. The van der Waals surface area contributed by atoms with Gasteiger partial charge < -0.3 is 14.4 Å². The van der Waals surface area contributed by atoms with Crippen molar-refractivity contribution in [3.05, 3.63) is 48.0 Å². The van der Waals surface area contributed by atoms with Gasteiger partial charge in [-0.05, 0) is 25.1 Å². The van der Waals surface area contributed by atoms with E-state index in [0.717, 1.165) is 47.2 Å². The van der Waals surface area contributed by atoms with Crippen LogP contribution in [0.15, 0.2) is 42.5 Å². The summed E-state index contributed by atoms with van der Waals surface area (Å²) < 4.78 is 12.0. The molecule has 0 fully saturated rings. The monoisotopic (exact) mass is 461 g/mol. The van der Waals surface area contributed by atoms with Gasteiger partial charge in [0.15, 0.2) is 16.6 Å². The molecule has 31 heavy (non-hydrogen) atoms. The van der Waals surface area contributed by atoms with E-state index in [9.17, 15) is 4.79 Å². The SMILES string of the molecule is CCN(CC)CCN(C(=O)CCc1ccccc1)c1nc2cc3c(cc2s1)OCO3.Cl. The van der Waals surface area contributed by atoms with Gasteiger partial charge in [-0.2, -0.15) is 0 Å². The average molecular weight is 462 g/mol. The van der Waals surface area contributed by atoms with Gasteiger partial charge in [0.05, 0.1) is 10.2 Å². The number of fused-ring (bicyclic) bond motifs is 2. The van der Waals surface area contributed by atoms with E-state index in [1.165, 1.54) is 16.9 Å². The summed E-state index contributed by atoms with van der Waals surface area (Å²) in [6.45, 7) is 7.90. The summed E-state index contributed by atoms with van der Waals surface area (Å²) in [6, 6.07) is 14.0. The Morgan fingerprint density at radius 1 is 1.06 bits per heavy atom. The number of carbonyl (C=O) groups excluding carboxylic acids is 1. The van der Waals surface area contributed by atoms with Gasteiger partial charge in [0, 0.05) is 31.6 Å². The van der Waals surface area contributed by atoms with Crippen LogP contribution in [-0.4, -0.2) is 48.8 Å². The summed E-state index contributed by atoms with van der Waals surface area (Å²) >= 11 is 1.53. The van der Waals surface area contributed by atoms with Crippen molar-refractivity contribution in [2.75, 3.05) is 37.9 Å². The predicted molar refractivity (Wildman–Crippen MR) is 128 cm³/mol. The van der Waals surface area contributed by atoms with Crippen molar-refractivity contribution < 1.29 is 14.3 Å². The standard InChI is InChI=1S/C23H27N3O3S.ClH/c1-3-25(4-2)12-13-26(22(27)11-10-17-8-6-5-7-9-17)23-24-18-14-19-20(29-16-28-19)15-21(18)30-23;/h5-9,14-15H,3-4,10-13,16H2,1-2H3;1H. The molecule has 2 aromatic carbocycles. The molecule has 3 aromatic rings. The molecule has 1 aromatic heterocycles. The lowest BCUT2D eigenvalue weighted by atomic mass is 10.1. The summed E-state index contributed by atoms with van der Waals surface area (Å²) in [5, 5.41) is 0.735. The molecule has 0 radical (unpaired) electrons. The fourth-order valence-corrected chi connectivity index (χ4v) is 4.58. The second kappa shape index (κ2) is 10.8. The molecule has 4 rings (SSSR count). The fraction of sp³-hybridized carbons (Fsp3) is 0.391. The number of rotatable bonds is 9. The van der Waals surface area contributed by atoms with Gasteiger partial charge in [-0.25, -0.2) is 4.98 Å². The number of aryl methyl sites for hydroxylation is 1. The Bertz CT molecular complexity index is 967. The first-order chi connectivity index (χ1) is 14.7. The Balaban J connectivity index is 0.00000272.